The quantitative estimate of drug-likeness (QED) is 0.797. The number of halogens is 1. The van der Waals surface area contributed by atoms with E-state index in [-0.39, 0.29) is 5.28 Å². The maximum absolute atomic E-state index is 5.81. The molecule has 0 aliphatic carbocycles. The van der Waals surface area contributed by atoms with Crippen LogP contribution in [0.1, 0.15) is 27.2 Å². The highest BCUT2D eigenvalue weighted by Crippen LogP contribution is 2.18. The topological polar surface area (TPSA) is 50.7 Å². The number of hydrogen-bond acceptors (Lipinski definition) is 5. The van der Waals surface area contributed by atoms with Crippen molar-refractivity contribution in [2.24, 2.45) is 5.92 Å². The molecule has 1 heterocycles. The van der Waals surface area contributed by atoms with E-state index in [1.807, 2.05) is 6.92 Å². The second-order valence-electron chi connectivity index (χ2n) is 3.77. The number of anilines is 1. The van der Waals surface area contributed by atoms with Gasteiger partial charge in [0.1, 0.15) is 0 Å². The van der Waals surface area contributed by atoms with E-state index in [0.29, 0.717) is 17.0 Å². The Morgan fingerprint density at radius 3 is 2.69 bits per heavy atom. The first-order chi connectivity index (χ1) is 7.61. The number of nitrogens with one attached hydrogen (secondary N) is 1. The van der Waals surface area contributed by atoms with Crippen LogP contribution < -0.4 is 5.32 Å². The van der Waals surface area contributed by atoms with E-state index in [1.54, 1.807) is 11.8 Å². The van der Waals surface area contributed by atoms with Gasteiger partial charge in [0.2, 0.25) is 11.2 Å². The molecular weight excluding hydrogens is 244 g/mol. The Hall–Kier alpha value is -0.550. The van der Waals surface area contributed by atoms with Gasteiger partial charge in [-0.25, -0.2) is 0 Å². The van der Waals surface area contributed by atoms with E-state index in [4.69, 9.17) is 11.6 Å². The lowest BCUT2D eigenvalue weighted by Crippen LogP contribution is -2.04. The molecule has 0 saturated carbocycles. The smallest absolute Gasteiger partial charge is 0.228 e. The Morgan fingerprint density at radius 2 is 2.06 bits per heavy atom. The minimum Gasteiger partial charge on any atom is -0.354 e. The maximum atomic E-state index is 5.81. The van der Waals surface area contributed by atoms with Crippen molar-refractivity contribution in [2.75, 3.05) is 17.6 Å². The van der Waals surface area contributed by atoms with Gasteiger partial charge in [0.05, 0.1) is 0 Å². The van der Waals surface area contributed by atoms with Crippen LogP contribution in [0.5, 0.6) is 0 Å². The molecule has 0 bridgehead atoms. The largest absolute Gasteiger partial charge is 0.354 e. The van der Waals surface area contributed by atoms with Gasteiger partial charge in [-0.2, -0.15) is 15.0 Å². The van der Waals surface area contributed by atoms with Crippen molar-refractivity contribution < 1.29 is 0 Å². The monoisotopic (exact) mass is 260 g/mol. The van der Waals surface area contributed by atoms with E-state index >= 15 is 0 Å². The van der Waals surface area contributed by atoms with Gasteiger partial charge in [-0.1, -0.05) is 25.6 Å². The first-order valence-electron chi connectivity index (χ1n) is 5.40. The molecule has 4 nitrogen and oxygen atoms in total. The molecule has 0 fully saturated rings. The predicted octanol–water partition coefficient (Wildman–Crippen LogP) is 3.10. The molecule has 0 radical (unpaired) electrons. The van der Waals surface area contributed by atoms with Crippen LogP contribution in [0.3, 0.4) is 0 Å². The Bertz CT molecular complexity index is 333. The molecule has 0 aliphatic heterocycles. The number of thioether (sulfide) groups is 1. The lowest BCUT2D eigenvalue weighted by Gasteiger charge is -2.05. The van der Waals surface area contributed by atoms with Crippen LogP contribution >= 0.6 is 23.4 Å². The fraction of sp³-hybridized carbons (Fsp3) is 0.700. The first-order valence-corrected chi connectivity index (χ1v) is 6.76. The van der Waals surface area contributed by atoms with Crippen LogP contribution in [0.2, 0.25) is 5.28 Å². The van der Waals surface area contributed by atoms with Crippen LogP contribution in [0.25, 0.3) is 0 Å². The summed E-state index contributed by atoms with van der Waals surface area (Å²) in [6.07, 6.45) is 1.14. The molecule has 0 saturated heterocycles. The third-order valence-corrected chi connectivity index (χ3v) is 2.90. The highest BCUT2D eigenvalue weighted by Gasteiger charge is 2.05. The molecule has 1 N–H and O–H groups in total. The molecule has 1 aromatic rings. The number of rotatable bonds is 6. The second-order valence-corrected chi connectivity index (χ2v) is 5.17. The molecule has 0 amide bonds. The first kappa shape index (κ1) is 13.5. The van der Waals surface area contributed by atoms with E-state index in [0.717, 1.165) is 18.7 Å². The van der Waals surface area contributed by atoms with Gasteiger partial charge in [-0.05, 0) is 30.9 Å². The van der Waals surface area contributed by atoms with Crippen molar-refractivity contribution in [3.05, 3.63) is 5.28 Å². The third kappa shape index (κ3) is 4.99. The van der Waals surface area contributed by atoms with Crippen molar-refractivity contribution in [1.82, 2.24) is 15.0 Å². The van der Waals surface area contributed by atoms with E-state index in [9.17, 15) is 0 Å². The zero-order valence-corrected chi connectivity index (χ0v) is 11.4. The van der Waals surface area contributed by atoms with Gasteiger partial charge in [0.15, 0.2) is 5.16 Å². The predicted molar refractivity (Wildman–Crippen MR) is 69.2 cm³/mol. The molecule has 1 rings (SSSR count). The Kier molecular flexibility index (Phi) is 5.84. The van der Waals surface area contributed by atoms with Gasteiger partial charge in [0.25, 0.3) is 0 Å². The Labute approximate surface area is 106 Å². The molecule has 0 aliphatic rings. The average molecular weight is 261 g/mol. The lowest BCUT2D eigenvalue weighted by molar-refractivity contribution is 0.631. The van der Waals surface area contributed by atoms with Gasteiger partial charge in [-0.3, -0.25) is 0 Å². The minimum absolute atomic E-state index is 0.248. The summed E-state index contributed by atoms with van der Waals surface area (Å²) in [6.45, 7) is 7.16. The summed E-state index contributed by atoms with van der Waals surface area (Å²) < 4.78 is 0. The minimum atomic E-state index is 0.248. The molecule has 6 heteroatoms. The average Bonchev–Trinajstić information content (AvgIpc) is 2.16. The van der Waals surface area contributed by atoms with Gasteiger partial charge in [-0.15, -0.1) is 0 Å². The SMILES string of the molecule is CCNc1nc(Cl)nc(SCCC(C)C)n1. The van der Waals surface area contributed by atoms with Gasteiger partial charge < -0.3 is 5.32 Å². The maximum Gasteiger partial charge on any atom is 0.228 e. The summed E-state index contributed by atoms with van der Waals surface area (Å²) in [5, 5.41) is 3.97. The number of nitrogens with zero attached hydrogens (tertiary/aromatic N) is 3. The van der Waals surface area contributed by atoms with E-state index in [2.05, 4.69) is 34.1 Å². The summed E-state index contributed by atoms with van der Waals surface area (Å²) in [4.78, 5) is 12.3. The number of hydrogen-bond donors (Lipinski definition) is 1. The van der Waals surface area contributed by atoms with E-state index < -0.39 is 0 Å². The summed E-state index contributed by atoms with van der Waals surface area (Å²) in [5.74, 6) is 2.25. The highest BCUT2D eigenvalue weighted by molar-refractivity contribution is 7.99. The summed E-state index contributed by atoms with van der Waals surface area (Å²) in [6, 6.07) is 0. The Morgan fingerprint density at radius 1 is 1.31 bits per heavy atom. The van der Waals surface area contributed by atoms with Crippen molar-refractivity contribution >= 4 is 29.3 Å². The molecule has 0 atom stereocenters. The molecule has 0 aromatic carbocycles. The van der Waals surface area contributed by atoms with Gasteiger partial charge in [0, 0.05) is 12.3 Å². The van der Waals surface area contributed by atoms with E-state index in [1.165, 1.54) is 0 Å². The standard InChI is InChI=1S/C10H17ClN4S/c1-4-12-9-13-8(11)14-10(15-9)16-6-5-7(2)3/h7H,4-6H2,1-3H3,(H,12,13,14,15). The fourth-order valence-electron chi connectivity index (χ4n) is 1.02. The van der Waals surface area contributed by atoms with Crippen molar-refractivity contribution in [3.63, 3.8) is 0 Å². The highest BCUT2D eigenvalue weighted by atomic mass is 35.5. The fourth-order valence-corrected chi connectivity index (χ4v) is 2.30. The van der Waals surface area contributed by atoms with Crippen LogP contribution in [0.15, 0.2) is 5.16 Å². The Balaban J connectivity index is 2.58. The van der Waals surface area contributed by atoms with Crippen molar-refractivity contribution in [1.29, 1.82) is 0 Å². The summed E-state index contributed by atoms with van der Waals surface area (Å²) in [7, 11) is 0. The van der Waals surface area contributed by atoms with Crippen molar-refractivity contribution in [2.45, 2.75) is 32.3 Å². The van der Waals surface area contributed by atoms with Crippen LogP contribution in [0.4, 0.5) is 5.95 Å². The molecule has 0 spiro atoms. The molecule has 1 aromatic heterocycles. The molecule has 16 heavy (non-hydrogen) atoms. The zero-order valence-electron chi connectivity index (χ0n) is 9.83. The number of aromatic nitrogens is 3. The molecule has 90 valence electrons. The normalized spacial score (nSPS) is 10.8. The van der Waals surface area contributed by atoms with Crippen molar-refractivity contribution in [3.8, 4) is 0 Å². The second kappa shape index (κ2) is 6.91. The van der Waals surface area contributed by atoms with Crippen LogP contribution in [-0.2, 0) is 0 Å². The summed E-state index contributed by atoms with van der Waals surface area (Å²) >= 11 is 7.43. The summed E-state index contributed by atoms with van der Waals surface area (Å²) in [5.41, 5.74) is 0. The molecule has 0 unspecified atom stereocenters. The van der Waals surface area contributed by atoms with Gasteiger partial charge >= 0.3 is 0 Å². The zero-order chi connectivity index (χ0) is 12.0. The van der Waals surface area contributed by atoms with Crippen LogP contribution in [0, 0.1) is 5.92 Å². The molecular formula is C10H17ClN4S. The third-order valence-electron chi connectivity index (χ3n) is 1.85. The lowest BCUT2D eigenvalue weighted by atomic mass is 10.2. The van der Waals surface area contributed by atoms with Crippen LogP contribution in [-0.4, -0.2) is 27.2 Å².